The summed E-state index contributed by atoms with van der Waals surface area (Å²) in [7, 11) is 0. The number of hydrogen-bond donors (Lipinski definition) is 0. The average molecular weight is 321 g/mol. The van der Waals surface area contributed by atoms with Gasteiger partial charge in [-0.15, -0.1) is 0 Å². The lowest BCUT2D eigenvalue weighted by Crippen LogP contribution is -2.40. The SMILES string of the molecule is CCc1ncnc(N2CCOC(c3noc(C(C)C)n3)C2)c1F. The van der Waals surface area contributed by atoms with Crippen LogP contribution in [0.3, 0.4) is 0 Å². The van der Waals surface area contributed by atoms with Crippen molar-refractivity contribution in [1.29, 1.82) is 0 Å². The first-order valence-electron chi connectivity index (χ1n) is 7.79. The van der Waals surface area contributed by atoms with Crippen LogP contribution in [0.4, 0.5) is 10.2 Å². The number of hydrogen-bond acceptors (Lipinski definition) is 7. The van der Waals surface area contributed by atoms with Crippen LogP contribution in [0.5, 0.6) is 0 Å². The van der Waals surface area contributed by atoms with E-state index in [-0.39, 0.29) is 17.8 Å². The largest absolute Gasteiger partial charge is 0.366 e. The molecule has 1 fully saturated rings. The van der Waals surface area contributed by atoms with Gasteiger partial charge in [-0.25, -0.2) is 14.4 Å². The quantitative estimate of drug-likeness (QED) is 0.854. The number of anilines is 1. The second kappa shape index (κ2) is 6.57. The first kappa shape index (κ1) is 15.8. The van der Waals surface area contributed by atoms with Crippen LogP contribution >= 0.6 is 0 Å². The Bertz CT molecular complexity index is 676. The van der Waals surface area contributed by atoms with Gasteiger partial charge < -0.3 is 14.2 Å². The van der Waals surface area contributed by atoms with Crippen molar-refractivity contribution in [3.8, 4) is 0 Å². The molecule has 3 heterocycles. The first-order chi connectivity index (χ1) is 11.1. The Morgan fingerprint density at radius 3 is 2.91 bits per heavy atom. The van der Waals surface area contributed by atoms with Gasteiger partial charge in [0, 0.05) is 12.5 Å². The maximum absolute atomic E-state index is 14.4. The minimum atomic E-state index is -0.369. The van der Waals surface area contributed by atoms with Gasteiger partial charge in [-0.05, 0) is 6.42 Å². The molecule has 0 spiro atoms. The third-order valence-corrected chi connectivity index (χ3v) is 3.78. The monoisotopic (exact) mass is 321 g/mol. The molecule has 3 rings (SSSR count). The van der Waals surface area contributed by atoms with Gasteiger partial charge in [0.15, 0.2) is 11.6 Å². The summed E-state index contributed by atoms with van der Waals surface area (Å²) >= 11 is 0. The number of morpholine rings is 1. The van der Waals surface area contributed by atoms with E-state index in [0.717, 1.165) is 0 Å². The van der Waals surface area contributed by atoms with Crippen molar-refractivity contribution in [2.45, 2.75) is 39.2 Å². The summed E-state index contributed by atoms with van der Waals surface area (Å²) in [5.41, 5.74) is 0.416. The van der Waals surface area contributed by atoms with Crippen LogP contribution in [0.15, 0.2) is 10.9 Å². The number of rotatable bonds is 4. The fourth-order valence-corrected chi connectivity index (χ4v) is 2.47. The predicted molar refractivity (Wildman–Crippen MR) is 80.7 cm³/mol. The maximum atomic E-state index is 14.4. The van der Waals surface area contributed by atoms with Crippen molar-refractivity contribution in [2.24, 2.45) is 0 Å². The number of ether oxygens (including phenoxy) is 1. The van der Waals surface area contributed by atoms with Gasteiger partial charge in [-0.2, -0.15) is 4.98 Å². The summed E-state index contributed by atoms with van der Waals surface area (Å²) in [4.78, 5) is 14.3. The zero-order valence-electron chi connectivity index (χ0n) is 13.5. The van der Waals surface area contributed by atoms with Gasteiger partial charge in [-0.1, -0.05) is 25.9 Å². The van der Waals surface area contributed by atoms with Crippen molar-refractivity contribution < 1.29 is 13.7 Å². The molecule has 1 atom stereocenters. The summed E-state index contributed by atoms with van der Waals surface area (Å²) in [6.45, 7) is 7.25. The molecule has 0 N–H and O–H groups in total. The van der Waals surface area contributed by atoms with Gasteiger partial charge in [0.2, 0.25) is 11.7 Å². The van der Waals surface area contributed by atoms with E-state index in [1.165, 1.54) is 6.33 Å². The van der Waals surface area contributed by atoms with Crippen molar-refractivity contribution in [3.05, 3.63) is 29.6 Å². The third kappa shape index (κ3) is 3.17. The van der Waals surface area contributed by atoms with Crippen molar-refractivity contribution >= 4 is 5.82 Å². The first-order valence-corrected chi connectivity index (χ1v) is 7.79. The van der Waals surface area contributed by atoms with E-state index in [4.69, 9.17) is 9.26 Å². The number of halogens is 1. The van der Waals surface area contributed by atoms with Crippen LogP contribution in [-0.2, 0) is 11.2 Å². The smallest absolute Gasteiger partial charge is 0.229 e. The zero-order valence-corrected chi connectivity index (χ0v) is 13.5. The van der Waals surface area contributed by atoms with Crippen molar-refractivity contribution in [3.63, 3.8) is 0 Å². The fourth-order valence-electron chi connectivity index (χ4n) is 2.47. The maximum Gasteiger partial charge on any atom is 0.229 e. The van der Waals surface area contributed by atoms with E-state index in [2.05, 4.69) is 20.1 Å². The molecular formula is C15H20FN5O2. The molecule has 0 aliphatic carbocycles. The fraction of sp³-hybridized carbons (Fsp3) is 0.600. The molecule has 1 aliphatic heterocycles. The highest BCUT2D eigenvalue weighted by molar-refractivity contribution is 5.41. The van der Waals surface area contributed by atoms with Gasteiger partial charge in [0.05, 0.1) is 18.8 Å². The van der Waals surface area contributed by atoms with Crippen LogP contribution in [0.1, 0.15) is 50.2 Å². The topological polar surface area (TPSA) is 77.2 Å². The minimum absolute atomic E-state index is 0.155. The summed E-state index contributed by atoms with van der Waals surface area (Å²) in [6.07, 6.45) is 1.56. The molecular weight excluding hydrogens is 301 g/mol. The Hall–Kier alpha value is -2.09. The van der Waals surface area contributed by atoms with E-state index in [1.54, 1.807) is 0 Å². The minimum Gasteiger partial charge on any atom is -0.366 e. The molecule has 8 heteroatoms. The second-order valence-corrected chi connectivity index (χ2v) is 5.76. The van der Waals surface area contributed by atoms with E-state index in [9.17, 15) is 4.39 Å². The van der Waals surface area contributed by atoms with Crippen molar-refractivity contribution in [1.82, 2.24) is 20.1 Å². The molecule has 0 saturated carbocycles. The molecule has 2 aromatic heterocycles. The van der Waals surface area contributed by atoms with E-state index in [0.29, 0.717) is 49.3 Å². The van der Waals surface area contributed by atoms with E-state index in [1.807, 2.05) is 25.7 Å². The summed E-state index contributed by atoms with van der Waals surface area (Å²) in [6, 6.07) is 0. The van der Waals surface area contributed by atoms with Crippen LogP contribution < -0.4 is 4.90 Å². The molecule has 1 unspecified atom stereocenters. The summed E-state index contributed by atoms with van der Waals surface area (Å²) in [5.74, 6) is 1.15. The van der Waals surface area contributed by atoms with Gasteiger partial charge in [-0.3, -0.25) is 0 Å². The average Bonchev–Trinajstić information content (AvgIpc) is 3.05. The lowest BCUT2D eigenvalue weighted by atomic mass is 10.2. The predicted octanol–water partition coefficient (Wildman–Crippen LogP) is 2.26. The molecule has 1 aliphatic rings. The Morgan fingerprint density at radius 2 is 2.22 bits per heavy atom. The Labute approximate surface area is 133 Å². The summed E-state index contributed by atoms with van der Waals surface area (Å²) < 4.78 is 25.4. The molecule has 2 aromatic rings. The Morgan fingerprint density at radius 1 is 1.39 bits per heavy atom. The number of aromatic nitrogens is 4. The zero-order chi connectivity index (χ0) is 16.4. The highest BCUT2D eigenvalue weighted by Crippen LogP contribution is 2.26. The number of aryl methyl sites for hydroxylation is 1. The highest BCUT2D eigenvalue weighted by atomic mass is 19.1. The Balaban J connectivity index is 1.80. The molecule has 0 bridgehead atoms. The second-order valence-electron chi connectivity index (χ2n) is 5.76. The standard InChI is InChI=1S/C15H20FN5O2/c1-4-10-12(16)14(18-8-17-10)21-5-6-22-11(7-21)13-19-15(9(2)3)23-20-13/h8-9,11H,4-7H2,1-3H3. The molecule has 1 saturated heterocycles. The van der Waals surface area contributed by atoms with Crippen LogP contribution in [0, 0.1) is 5.82 Å². The van der Waals surface area contributed by atoms with Gasteiger partial charge >= 0.3 is 0 Å². The van der Waals surface area contributed by atoms with E-state index >= 15 is 0 Å². The Kier molecular flexibility index (Phi) is 4.51. The molecule has 0 aromatic carbocycles. The van der Waals surface area contributed by atoms with Crippen LogP contribution in [0.25, 0.3) is 0 Å². The molecule has 7 nitrogen and oxygen atoms in total. The van der Waals surface area contributed by atoms with Gasteiger partial charge in [0.25, 0.3) is 0 Å². The van der Waals surface area contributed by atoms with Gasteiger partial charge in [0.1, 0.15) is 12.4 Å². The van der Waals surface area contributed by atoms with E-state index < -0.39 is 0 Å². The normalized spacial score (nSPS) is 18.7. The summed E-state index contributed by atoms with van der Waals surface area (Å²) in [5, 5.41) is 3.98. The molecule has 124 valence electrons. The molecule has 23 heavy (non-hydrogen) atoms. The lowest BCUT2D eigenvalue weighted by molar-refractivity contribution is 0.0321. The molecule has 0 amide bonds. The third-order valence-electron chi connectivity index (χ3n) is 3.78. The van der Waals surface area contributed by atoms with Crippen LogP contribution in [-0.4, -0.2) is 39.8 Å². The van der Waals surface area contributed by atoms with Crippen LogP contribution in [0.2, 0.25) is 0 Å². The highest BCUT2D eigenvalue weighted by Gasteiger charge is 2.29. The molecule has 0 radical (unpaired) electrons. The lowest BCUT2D eigenvalue weighted by Gasteiger charge is -2.32. The van der Waals surface area contributed by atoms with Crippen molar-refractivity contribution in [2.75, 3.05) is 24.6 Å². The number of nitrogens with zero attached hydrogens (tertiary/aromatic N) is 5.